The van der Waals surface area contributed by atoms with Crippen LogP contribution in [-0.2, 0) is 43.9 Å². The molecule has 33 heavy (non-hydrogen) atoms. The average molecular weight is 514 g/mol. The summed E-state index contributed by atoms with van der Waals surface area (Å²) in [5.41, 5.74) is 3.13. The first-order chi connectivity index (χ1) is 15.3. The van der Waals surface area contributed by atoms with Gasteiger partial charge in [0.1, 0.15) is 5.88 Å². The van der Waals surface area contributed by atoms with E-state index in [9.17, 15) is 10.1 Å². The molecule has 4 nitrogen and oxygen atoms in total. The van der Waals surface area contributed by atoms with E-state index in [1.54, 1.807) is 26.0 Å². The Balaban J connectivity index is 0.00000385. The van der Waals surface area contributed by atoms with E-state index in [4.69, 9.17) is 4.74 Å². The van der Waals surface area contributed by atoms with Crippen LogP contribution in [0.2, 0.25) is 0 Å². The van der Waals surface area contributed by atoms with Crippen molar-refractivity contribution < 1.29 is 42.2 Å². The molecule has 0 aliphatic carbocycles. The van der Waals surface area contributed by atoms with Crippen molar-refractivity contribution in [3.63, 3.8) is 0 Å². The number of nitriles is 1. The van der Waals surface area contributed by atoms with Crippen LogP contribution in [0.15, 0.2) is 66.9 Å². The first kappa shape index (κ1) is 26.9. The molecule has 3 rings (SSSR count). The van der Waals surface area contributed by atoms with Gasteiger partial charge >= 0.3 is 0 Å². The summed E-state index contributed by atoms with van der Waals surface area (Å²) in [6.45, 7) is 7.74. The number of rotatable bonds is 9. The van der Waals surface area contributed by atoms with Gasteiger partial charge in [0.05, 0.1) is 11.6 Å². The van der Waals surface area contributed by atoms with Gasteiger partial charge in [0.25, 0.3) is 0 Å². The van der Waals surface area contributed by atoms with Gasteiger partial charge < -0.3 is 4.74 Å². The van der Waals surface area contributed by atoms with E-state index in [0.29, 0.717) is 17.9 Å². The standard InChI is InChI=1S/C28H29N2O2.Y/c1-20-11-13-22(14-12-20)18-25(24-9-7-8-23(17-24)19-29)21(2)16-26(31)28(3,4)32-27-10-5-6-15-30-27;/h5,7-15,17,21,25H,16,18H2,1-4H3;/q-1;. The van der Waals surface area contributed by atoms with E-state index in [-0.39, 0.29) is 50.3 Å². The van der Waals surface area contributed by atoms with Crippen molar-refractivity contribution in [1.29, 1.82) is 5.26 Å². The predicted octanol–water partition coefficient (Wildman–Crippen LogP) is 5.84. The number of hydrogen-bond acceptors (Lipinski definition) is 4. The maximum atomic E-state index is 13.2. The molecule has 0 bridgehead atoms. The molecule has 0 saturated carbocycles. The Morgan fingerprint density at radius 3 is 2.55 bits per heavy atom. The van der Waals surface area contributed by atoms with Crippen LogP contribution in [0.3, 0.4) is 0 Å². The summed E-state index contributed by atoms with van der Waals surface area (Å²) in [5.74, 6) is 0.575. The fourth-order valence-corrected chi connectivity index (χ4v) is 3.83. The third-order valence-electron chi connectivity index (χ3n) is 5.83. The SMILES string of the molecule is Cc1ccc(CC(c2cccc(C#N)c2)C(C)CC(=O)C(C)(C)Oc2cc[c-]cn2)cc1.[Y]. The van der Waals surface area contributed by atoms with Crippen molar-refractivity contribution in [2.45, 2.75) is 52.1 Å². The molecule has 0 saturated heterocycles. The molecule has 1 heterocycles. The van der Waals surface area contributed by atoms with Crippen LogP contribution in [0.5, 0.6) is 5.88 Å². The van der Waals surface area contributed by atoms with Crippen LogP contribution in [0.4, 0.5) is 0 Å². The van der Waals surface area contributed by atoms with Crippen molar-refractivity contribution in [3.05, 3.63) is 95.2 Å². The first-order valence-corrected chi connectivity index (χ1v) is 10.9. The van der Waals surface area contributed by atoms with Crippen LogP contribution < -0.4 is 4.74 Å². The van der Waals surface area contributed by atoms with E-state index in [2.05, 4.69) is 55.2 Å². The minimum absolute atomic E-state index is 0. The molecule has 2 aromatic carbocycles. The topological polar surface area (TPSA) is 63.0 Å². The summed E-state index contributed by atoms with van der Waals surface area (Å²) in [4.78, 5) is 17.4. The van der Waals surface area contributed by atoms with Gasteiger partial charge in [-0.05, 0) is 62.3 Å². The van der Waals surface area contributed by atoms with Crippen LogP contribution >= 0.6 is 0 Å². The van der Waals surface area contributed by atoms with Crippen molar-refractivity contribution in [1.82, 2.24) is 4.98 Å². The normalized spacial score (nSPS) is 12.7. The molecular formula is C28H29N2O2Y-. The molecule has 0 aliphatic heterocycles. The van der Waals surface area contributed by atoms with Crippen LogP contribution in [0, 0.1) is 30.2 Å². The van der Waals surface area contributed by atoms with E-state index in [1.807, 2.05) is 24.3 Å². The number of carbonyl (C=O) groups excluding carboxylic acids is 1. The van der Waals surface area contributed by atoms with Gasteiger partial charge in [0, 0.05) is 39.1 Å². The Hall–Kier alpha value is -2.35. The Labute approximate surface area is 222 Å². The third-order valence-corrected chi connectivity index (χ3v) is 5.83. The number of ketones is 1. The van der Waals surface area contributed by atoms with Crippen molar-refractivity contribution >= 4 is 5.78 Å². The Morgan fingerprint density at radius 2 is 1.91 bits per heavy atom. The minimum atomic E-state index is -0.995. The predicted molar refractivity (Wildman–Crippen MR) is 125 cm³/mol. The Morgan fingerprint density at radius 1 is 1.18 bits per heavy atom. The van der Waals surface area contributed by atoms with E-state index < -0.39 is 5.60 Å². The summed E-state index contributed by atoms with van der Waals surface area (Å²) in [6.07, 6.45) is 2.68. The fraction of sp³-hybridized carbons (Fsp3) is 0.321. The van der Waals surface area contributed by atoms with Crippen molar-refractivity contribution in [2.24, 2.45) is 5.92 Å². The number of hydrogen-bond donors (Lipinski definition) is 0. The molecule has 3 aromatic rings. The zero-order chi connectivity index (χ0) is 23.1. The molecule has 0 spiro atoms. The second-order valence-corrected chi connectivity index (χ2v) is 8.85. The van der Waals surface area contributed by atoms with Gasteiger partial charge in [0.2, 0.25) is 0 Å². The molecular weight excluding hydrogens is 485 g/mol. The molecule has 0 amide bonds. The molecule has 0 fully saturated rings. The molecule has 5 heteroatoms. The maximum absolute atomic E-state index is 13.2. The molecule has 2 unspecified atom stereocenters. The van der Waals surface area contributed by atoms with Crippen molar-refractivity contribution in [2.75, 3.05) is 0 Å². The summed E-state index contributed by atoms with van der Waals surface area (Å²) < 4.78 is 5.89. The second-order valence-electron chi connectivity index (χ2n) is 8.85. The van der Waals surface area contributed by atoms with E-state index in [0.717, 1.165) is 12.0 Å². The molecule has 1 radical (unpaired) electrons. The van der Waals surface area contributed by atoms with Gasteiger partial charge in [0.15, 0.2) is 11.4 Å². The number of nitrogens with zero attached hydrogens (tertiary/aromatic N) is 2. The summed E-state index contributed by atoms with van der Waals surface area (Å²) >= 11 is 0. The van der Waals surface area contributed by atoms with E-state index >= 15 is 0 Å². The van der Waals surface area contributed by atoms with Gasteiger partial charge in [-0.1, -0.05) is 55.1 Å². The zero-order valence-corrected chi connectivity index (χ0v) is 22.5. The summed E-state index contributed by atoms with van der Waals surface area (Å²) in [6, 6.07) is 24.7. The smallest absolute Gasteiger partial charge is 0.176 e. The monoisotopic (exact) mass is 514 g/mol. The maximum Gasteiger partial charge on any atom is 0.176 e. The van der Waals surface area contributed by atoms with Gasteiger partial charge in [-0.25, -0.2) is 12.1 Å². The first-order valence-electron chi connectivity index (χ1n) is 10.9. The number of carbonyl (C=O) groups is 1. The number of benzene rings is 2. The zero-order valence-electron chi connectivity index (χ0n) is 19.7. The molecule has 2 atom stereocenters. The van der Waals surface area contributed by atoms with Crippen LogP contribution in [-0.4, -0.2) is 16.4 Å². The van der Waals surface area contributed by atoms with Crippen LogP contribution in [0.25, 0.3) is 0 Å². The molecule has 167 valence electrons. The number of Topliss-reactive ketones (excluding diaryl/α,β-unsaturated/α-hetero) is 1. The second kappa shape index (κ2) is 12.2. The average Bonchev–Trinajstić information content (AvgIpc) is 2.79. The van der Waals surface area contributed by atoms with Crippen molar-refractivity contribution in [3.8, 4) is 11.9 Å². The molecule has 0 aliphatic rings. The largest absolute Gasteiger partial charge is 0.480 e. The summed E-state index contributed by atoms with van der Waals surface area (Å²) in [5, 5.41) is 9.37. The minimum Gasteiger partial charge on any atom is -0.480 e. The quantitative estimate of drug-likeness (QED) is 0.337. The Bertz CT molecular complexity index is 1090. The fourth-order valence-electron chi connectivity index (χ4n) is 3.83. The number of aryl methyl sites for hydroxylation is 1. The summed E-state index contributed by atoms with van der Waals surface area (Å²) in [7, 11) is 0. The third kappa shape index (κ3) is 7.59. The number of pyridine rings is 1. The van der Waals surface area contributed by atoms with Crippen LogP contribution in [0.1, 0.15) is 55.4 Å². The molecule has 1 aromatic heterocycles. The van der Waals surface area contributed by atoms with Gasteiger partial charge in [-0.3, -0.25) is 9.78 Å². The van der Waals surface area contributed by atoms with Gasteiger partial charge in [-0.15, -0.1) is 6.07 Å². The number of aromatic nitrogens is 1. The van der Waals surface area contributed by atoms with E-state index in [1.165, 1.54) is 17.3 Å². The number of ether oxygens (including phenoxy) is 1. The van der Waals surface area contributed by atoms with Gasteiger partial charge in [-0.2, -0.15) is 5.26 Å². The Kier molecular flexibility index (Phi) is 9.95. The molecule has 0 N–H and O–H groups in total.